The van der Waals surface area contributed by atoms with Gasteiger partial charge >= 0.3 is 0 Å². The van der Waals surface area contributed by atoms with E-state index in [0.717, 1.165) is 0 Å². The fraction of sp³-hybridized carbons (Fsp3) is 1.00. The average Bonchev–Trinajstić information content (AvgIpc) is 2.65. The molecule has 0 saturated heterocycles. The van der Waals surface area contributed by atoms with Crippen LogP contribution in [-0.2, 0) is 18.9 Å². The molecule has 1 atom stereocenters. The van der Waals surface area contributed by atoms with Crippen molar-refractivity contribution in [3.63, 3.8) is 0 Å². The van der Waals surface area contributed by atoms with E-state index in [-0.39, 0.29) is 6.61 Å². The molecule has 0 saturated carbocycles. The second-order valence-electron chi connectivity index (χ2n) is 6.75. The Kier molecular flexibility index (Phi) is 22.7. The molecule has 5 heteroatoms. The van der Waals surface area contributed by atoms with E-state index < -0.39 is 0 Å². The minimum Gasteiger partial charge on any atom is -0.394 e. The van der Waals surface area contributed by atoms with Gasteiger partial charge in [0.05, 0.1) is 59.0 Å². The summed E-state index contributed by atoms with van der Waals surface area (Å²) in [6, 6.07) is 0. The van der Waals surface area contributed by atoms with Gasteiger partial charge in [-0.2, -0.15) is 0 Å². The molecule has 0 aliphatic carbocycles. The van der Waals surface area contributed by atoms with Crippen molar-refractivity contribution in [2.45, 2.75) is 84.2 Å². The maximum Gasteiger partial charge on any atom is 0.0704 e. The quantitative estimate of drug-likeness (QED) is 0.285. The predicted molar refractivity (Wildman–Crippen MR) is 107 cm³/mol. The van der Waals surface area contributed by atoms with Gasteiger partial charge in [-0.1, -0.05) is 65.2 Å². The SMILES string of the molecule is CCCCCCCC(CCCCC)OCCOCCOCCOCCO. The summed E-state index contributed by atoms with van der Waals surface area (Å²) in [5.41, 5.74) is 0. The summed E-state index contributed by atoms with van der Waals surface area (Å²) in [5, 5.41) is 8.57. The van der Waals surface area contributed by atoms with Crippen LogP contribution in [-0.4, -0.2) is 64.1 Å². The number of hydrogen-bond donors (Lipinski definition) is 1. The number of rotatable bonds is 22. The maximum absolute atomic E-state index is 8.57. The Morgan fingerprint density at radius 3 is 1.62 bits per heavy atom. The van der Waals surface area contributed by atoms with Crippen molar-refractivity contribution in [1.29, 1.82) is 0 Å². The summed E-state index contributed by atoms with van der Waals surface area (Å²) in [4.78, 5) is 0. The zero-order valence-corrected chi connectivity index (χ0v) is 17.4. The average molecular weight is 377 g/mol. The molecule has 0 rings (SSSR count). The van der Waals surface area contributed by atoms with Crippen molar-refractivity contribution in [3.05, 3.63) is 0 Å². The van der Waals surface area contributed by atoms with Gasteiger partial charge in [-0.15, -0.1) is 0 Å². The molecule has 0 aromatic heterocycles. The molecule has 1 unspecified atom stereocenters. The van der Waals surface area contributed by atoms with Crippen LogP contribution in [0.2, 0.25) is 0 Å². The predicted octanol–water partition coefficient (Wildman–Crippen LogP) is 4.35. The first kappa shape index (κ1) is 25.8. The van der Waals surface area contributed by atoms with Gasteiger partial charge in [0.25, 0.3) is 0 Å². The fourth-order valence-electron chi connectivity index (χ4n) is 2.79. The summed E-state index contributed by atoms with van der Waals surface area (Å²) in [6.07, 6.45) is 13.2. The van der Waals surface area contributed by atoms with Gasteiger partial charge in [0.2, 0.25) is 0 Å². The molecule has 0 aromatic rings. The summed E-state index contributed by atoms with van der Waals surface area (Å²) in [6.45, 7) is 8.44. The van der Waals surface area contributed by atoms with Crippen LogP contribution in [0.1, 0.15) is 78.1 Å². The molecule has 0 heterocycles. The lowest BCUT2D eigenvalue weighted by molar-refractivity contribution is -0.0246. The van der Waals surface area contributed by atoms with Gasteiger partial charge in [0, 0.05) is 0 Å². The number of aliphatic hydroxyl groups is 1. The van der Waals surface area contributed by atoms with Crippen LogP contribution in [0.3, 0.4) is 0 Å². The van der Waals surface area contributed by atoms with E-state index in [0.29, 0.717) is 52.4 Å². The highest BCUT2D eigenvalue weighted by molar-refractivity contribution is 4.60. The molecule has 5 nitrogen and oxygen atoms in total. The van der Waals surface area contributed by atoms with E-state index in [2.05, 4.69) is 13.8 Å². The number of ether oxygens (including phenoxy) is 4. The molecule has 0 aromatic carbocycles. The van der Waals surface area contributed by atoms with Crippen LogP contribution in [0, 0.1) is 0 Å². The standard InChI is InChI=1S/C21H44O5/c1-3-5-7-8-10-12-21(11-9-6-4-2)26-20-19-25-18-17-24-16-15-23-14-13-22/h21-22H,3-20H2,1-2H3. The van der Waals surface area contributed by atoms with Crippen LogP contribution in [0.4, 0.5) is 0 Å². The van der Waals surface area contributed by atoms with E-state index in [4.69, 9.17) is 24.1 Å². The molecule has 0 aliphatic heterocycles. The molecule has 0 aliphatic rings. The summed E-state index contributed by atoms with van der Waals surface area (Å²) >= 11 is 0. The normalized spacial score (nSPS) is 12.6. The second kappa shape index (κ2) is 22.8. The molecule has 158 valence electrons. The van der Waals surface area contributed by atoms with Crippen molar-refractivity contribution in [2.24, 2.45) is 0 Å². The van der Waals surface area contributed by atoms with Gasteiger partial charge in [-0.3, -0.25) is 0 Å². The van der Waals surface area contributed by atoms with Gasteiger partial charge in [-0.25, -0.2) is 0 Å². The fourth-order valence-corrected chi connectivity index (χ4v) is 2.79. The monoisotopic (exact) mass is 376 g/mol. The van der Waals surface area contributed by atoms with E-state index in [1.165, 1.54) is 64.2 Å². The summed E-state index contributed by atoms with van der Waals surface area (Å²) < 4.78 is 22.1. The van der Waals surface area contributed by atoms with Gasteiger partial charge in [-0.05, 0) is 12.8 Å². The molecule has 0 bridgehead atoms. The summed E-state index contributed by atoms with van der Waals surface area (Å²) in [5.74, 6) is 0. The Balaban J connectivity index is 3.55. The van der Waals surface area contributed by atoms with E-state index >= 15 is 0 Å². The molecule has 0 amide bonds. The Hall–Kier alpha value is -0.200. The molecular weight excluding hydrogens is 332 g/mol. The highest BCUT2D eigenvalue weighted by atomic mass is 16.6. The highest BCUT2D eigenvalue weighted by Gasteiger charge is 2.08. The molecule has 0 radical (unpaired) electrons. The first-order valence-corrected chi connectivity index (χ1v) is 10.8. The summed E-state index contributed by atoms with van der Waals surface area (Å²) in [7, 11) is 0. The lowest BCUT2D eigenvalue weighted by atomic mass is 10.0. The van der Waals surface area contributed by atoms with Gasteiger partial charge in [0.15, 0.2) is 0 Å². The van der Waals surface area contributed by atoms with Crippen LogP contribution >= 0.6 is 0 Å². The lowest BCUT2D eigenvalue weighted by Crippen LogP contribution is -2.18. The molecule has 0 fully saturated rings. The largest absolute Gasteiger partial charge is 0.394 e. The minimum absolute atomic E-state index is 0.0568. The van der Waals surface area contributed by atoms with Gasteiger partial charge < -0.3 is 24.1 Å². The second-order valence-corrected chi connectivity index (χ2v) is 6.75. The lowest BCUT2D eigenvalue weighted by Gasteiger charge is -2.18. The first-order valence-electron chi connectivity index (χ1n) is 10.8. The molecular formula is C21H44O5. The number of unbranched alkanes of at least 4 members (excludes halogenated alkanes) is 6. The third-order valence-corrected chi connectivity index (χ3v) is 4.32. The van der Waals surface area contributed by atoms with Crippen molar-refractivity contribution < 1.29 is 24.1 Å². The van der Waals surface area contributed by atoms with Crippen LogP contribution < -0.4 is 0 Å². The minimum atomic E-state index is 0.0568. The maximum atomic E-state index is 8.57. The third-order valence-electron chi connectivity index (χ3n) is 4.32. The molecule has 1 N–H and O–H groups in total. The number of aliphatic hydroxyl groups excluding tert-OH is 1. The van der Waals surface area contributed by atoms with Crippen LogP contribution in [0.5, 0.6) is 0 Å². The van der Waals surface area contributed by atoms with Crippen molar-refractivity contribution in [1.82, 2.24) is 0 Å². The topological polar surface area (TPSA) is 57.2 Å². The van der Waals surface area contributed by atoms with E-state index in [9.17, 15) is 0 Å². The van der Waals surface area contributed by atoms with Crippen molar-refractivity contribution in [2.75, 3.05) is 52.9 Å². The Morgan fingerprint density at radius 2 is 1.04 bits per heavy atom. The van der Waals surface area contributed by atoms with E-state index in [1.807, 2.05) is 0 Å². The molecule has 26 heavy (non-hydrogen) atoms. The zero-order valence-electron chi connectivity index (χ0n) is 17.4. The van der Waals surface area contributed by atoms with Gasteiger partial charge in [0.1, 0.15) is 0 Å². The Bertz CT molecular complexity index is 251. The first-order chi connectivity index (χ1) is 12.8. The Morgan fingerprint density at radius 1 is 0.577 bits per heavy atom. The molecule has 0 spiro atoms. The number of hydrogen-bond acceptors (Lipinski definition) is 5. The highest BCUT2D eigenvalue weighted by Crippen LogP contribution is 2.15. The van der Waals surface area contributed by atoms with Crippen molar-refractivity contribution >= 4 is 0 Å². The van der Waals surface area contributed by atoms with Crippen LogP contribution in [0.25, 0.3) is 0 Å². The third kappa shape index (κ3) is 20.1. The van der Waals surface area contributed by atoms with Crippen molar-refractivity contribution in [3.8, 4) is 0 Å². The Labute approximate surface area is 161 Å². The van der Waals surface area contributed by atoms with Crippen LogP contribution in [0.15, 0.2) is 0 Å². The van der Waals surface area contributed by atoms with E-state index in [1.54, 1.807) is 0 Å². The smallest absolute Gasteiger partial charge is 0.0704 e. The zero-order chi connectivity index (χ0) is 19.1.